The molecule has 1 aromatic carbocycles. The quantitative estimate of drug-likeness (QED) is 0.802. The number of benzene rings is 1. The van der Waals surface area contributed by atoms with Crippen LogP contribution in [0.1, 0.15) is 18.9 Å². The number of nitrogens with one attached hydrogen (secondary N) is 2. The van der Waals surface area contributed by atoms with Gasteiger partial charge in [-0.15, -0.1) is 0 Å². The van der Waals surface area contributed by atoms with E-state index in [4.69, 9.17) is 0 Å². The summed E-state index contributed by atoms with van der Waals surface area (Å²) in [7, 11) is -3.30. The predicted octanol–water partition coefficient (Wildman–Crippen LogP) is 2.48. The van der Waals surface area contributed by atoms with Crippen LogP contribution in [0.2, 0.25) is 0 Å². The molecule has 0 aromatic heterocycles. The molecule has 0 saturated carbocycles. The van der Waals surface area contributed by atoms with Crippen molar-refractivity contribution in [2.75, 3.05) is 16.3 Å². The number of sulfonamides is 1. The van der Waals surface area contributed by atoms with Gasteiger partial charge in [-0.1, -0.05) is 22.9 Å². The molecular weight excluding hydrogens is 332 g/mol. The average molecular weight is 349 g/mol. The van der Waals surface area contributed by atoms with E-state index in [0.717, 1.165) is 11.8 Å². The van der Waals surface area contributed by atoms with Gasteiger partial charge in [0.2, 0.25) is 15.9 Å². The Hall–Kier alpha value is -1.08. The Morgan fingerprint density at radius 1 is 1.42 bits per heavy atom. The van der Waals surface area contributed by atoms with E-state index in [0.29, 0.717) is 17.8 Å². The summed E-state index contributed by atoms with van der Waals surface area (Å²) in [6.07, 6.45) is 1.79. The first kappa shape index (κ1) is 16.0. The molecule has 7 heteroatoms. The standard InChI is InChI=1S/C12H17BrN2O3S/c1-4-10(13)12(16)14-9-5-6-11(8(2)7-9)15-19(3,17)18/h5-7,10,15H,4H2,1-3H3,(H,14,16). The fraction of sp³-hybridized carbons (Fsp3) is 0.417. The normalized spacial score (nSPS) is 12.8. The maximum absolute atomic E-state index is 11.7. The van der Waals surface area contributed by atoms with E-state index in [1.165, 1.54) is 0 Å². The molecule has 5 nitrogen and oxygen atoms in total. The third-order valence-electron chi connectivity index (χ3n) is 2.43. The van der Waals surface area contributed by atoms with Gasteiger partial charge in [-0.05, 0) is 37.1 Å². The molecule has 1 atom stereocenters. The Kier molecular flexibility index (Phi) is 5.37. The Balaban J connectivity index is 2.86. The fourth-order valence-electron chi connectivity index (χ4n) is 1.46. The lowest BCUT2D eigenvalue weighted by molar-refractivity contribution is -0.115. The number of anilines is 2. The second-order valence-corrected chi connectivity index (χ2v) is 7.12. The molecule has 1 amide bonds. The average Bonchev–Trinajstić information content (AvgIpc) is 2.30. The van der Waals surface area contributed by atoms with Gasteiger partial charge >= 0.3 is 0 Å². The second-order valence-electron chi connectivity index (χ2n) is 4.27. The van der Waals surface area contributed by atoms with Crippen LogP contribution >= 0.6 is 15.9 Å². The van der Waals surface area contributed by atoms with Crippen molar-refractivity contribution in [1.29, 1.82) is 0 Å². The highest BCUT2D eigenvalue weighted by Gasteiger charge is 2.13. The molecule has 0 fully saturated rings. The topological polar surface area (TPSA) is 75.3 Å². The minimum Gasteiger partial charge on any atom is -0.325 e. The number of alkyl halides is 1. The number of hydrogen-bond acceptors (Lipinski definition) is 3. The summed E-state index contributed by atoms with van der Waals surface area (Å²) in [5.74, 6) is -0.120. The van der Waals surface area contributed by atoms with E-state index in [1.54, 1.807) is 25.1 Å². The van der Waals surface area contributed by atoms with E-state index in [2.05, 4.69) is 26.0 Å². The monoisotopic (exact) mass is 348 g/mol. The van der Waals surface area contributed by atoms with Crippen molar-refractivity contribution >= 4 is 43.2 Å². The lowest BCUT2D eigenvalue weighted by Crippen LogP contribution is -2.22. The molecule has 0 saturated heterocycles. The van der Waals surface area contributed by atoms with Crippen molar-refractivity contribution in [1.82, 2.24) is 0 Å². The zero-order chi connectivity index (χ0) is 14.6. The van der Waals surface area contributed by atoms with E-state index < -0.39 is 10.0 Å². The Bertz CT molecular complexity index is 572. The molecule has 0 aliphatic rings. The summed E-state index contributed by atoms with van der Waals surface area (Å²) in [6.45, 7) is 3.68. The molecule has 2 N–H and O–H groups in total. The van der Waals surface area contributed by atoms with Crippen LogP contribution in [0.3, 0.4) is 0 Å². The first-order chi connectivity index (χ1) is 8.73. The number of amides is 1. The number of aryl methyl sites for hydroxylation is 1. The summed E-state index contributed by atoms with van der Waals surface area (Å²) in [4.78, 5) is 11.5. The lowest BCUT2D eigenvalue weighted by Gasteiger charge is -2.12. The minimum atomic E-state index is -3.30. The van der Waals surface area contributed by atoms with E-state index in [-0.39, 0.29) is 10.7 Å². The number of hydrogen-bond donors (Lipinski definition) is 2. The van der Waals surface area contributed by atoms with Gasteiger partial charge in [0.25, 0.3) is 0 Å². The molecule has 106 valence electrons. The first-order valence-corrected chi connectivity index (χ1v) is 8.57. The molecule has 19 heavy (non-hydrogen) atoms. The minimum absolute atomic E-state index is 0.120. The van der Waals surface area contributed by atoms with Gasteiger partial charge in [0.15, 0.2) is 0 Å². The van der Waals surface area contributed by atoms with Gasteiger partial charge in [-0.25, -0.2) is 8.42 Å². The van der Waals surface area contributed by atoms with Crippen molar-refractivity contribution in [3.63, 3.8) is 0 Å². The third-order valence-corrected chi connectivity index (χ3v) is 4.09. The van der Waals surface area contributed by atoms with Gasteiger partial charge in [0.05, 0.1) is 16.8 Å². The zero-order valence-corrected chi connectivity index (χ0v) is 13.4. The third kappa shape index (κ3) is 5.20. The molecule has 1 aromatic rings. The van der Waals surface area contributed by atoms with Gasteiger partial charge in [0, 0.05) is 5.69 Å². The van der Waals surface area contributed by atoms with Crippen molar-refractivity contribution in [2.45, 2.75) is 25.1 Å². The number of rotatable bonds is 5. The second kappa shape index (κ2) is 6.38. The summed E-state index contributed by atoms with van der Waals surface area (Å²) >= 11 is 3.27. The van der Waals surface area contributed by atoms with Crippen LogP contribution in [0.4, 0.5) is 11.4 Å². The Morgan fingerprint density at radius 3 is 2.53 bits per heavy atom. The summed E-state index contributed by atoms with van der Waals surface area (Å²) < 4.78 is 24.7. The summed E-state index contributed by atoms with van der Waals surface area (Å²) in [6, 6.07) is 5.01. The number of halogens is 1. The van der Waals surface area contributed by atoms with Crippen molar-refractivity contribution in [3.8, 4) is 0 Å². The first-order valence-electron chi connectivity index (χ1n) is 5.76. The van der Waals surface area contributed by atoms with Crippen molar-refractivity contribution in [2.24, 2.45) is 0 Å². The highest BCUT2D eigenvalue weighted by Crippen LogP contribution is 2.21. The molecular formula is C12H17BrN2O3S. The Morgan fingerprint density at radius 2 is 2.05 bits per heavy atom. The van der Waals surface area contributed by atoms with Crippen molar-refractivity contribution in [3.05, 3.63) is 23.8 Å². The predicted molar refractivity (Wildman–Crippen MR) is 81.3 cm³/mol. The molecule has 0 spiro atoms. The molecule has 0 bridgehead atoms. The van der Waals surface area contributed by atoms with Crippen LogP contribution in [0.5, 0.6) is 0 Å². The van der Waals surface area contributed by atoms with Crippen molar-refractivity contribution < 1.29 is 13.2 Å². The molecule has 0 aliphatic heterocycles. The molecule has 1 rings (SSSR count). The summed E-state index contributed by atoms with van der Waals surface area (Å²) in [5.41, 5.74) is 1.89. The van der Waals surface area contributed by atoms with Crippen LogP contribution in [0, 0.1) is 6.92 Å². The molecule has 1 unspecified atom stereocenters. The van der Waals surface area contributed by atoms with Gasteiger partial charge in [0.1, 0.15) is 0 Å². The lowest BCUT2D eigenvalue weighted by atomic mass is 10.2. The zero-order valence-electron chi connectivity index (χ0n) is 11.0. The molecule has 0 heterocycles. The Labute approximate surface area is 122 Å². The molecule has 0 radical (unpaired) electrons. The van der Waals surface area contributed by atoms with Gasteiger partial charge in [-0.3, -0.25) is 9.52 Å². The van der Waals surface area contributed by atoms with Gasteiger partial charge in [-0.2, -0.15) is 0 Å². The number of carbonyl (C=O) groups is 1. The highest BCUT2D eigenvalue weighted by molar-refractivity contribution is 9.10. The highest BCUT2D eigenvalue weighted by atomic mass is 79.9. The van der Waals surface area contributed by atoms with E-state index >= 15 is 0 Å². The van der Waals surface area contributed by atoms with Crippen LogP contribution < -0.4 is 10.0 Å². The van der Waals surface area contributed by atoms with E-state index in [1.807, 2.05) is 6.92 Å². The van der Waals surface area contributed by atoms with Gasteiger partial charge < -0.3 is 5.32 Å². The maximum atomic E-state index is 11.7. The van der Waals surface area contributed by atoms with Crippen LogP contribution in [-0.2, 0) is 14.8 Å². The van der Waals surface area contributed by atoms with Crippen LogP contribution in [0.25, 0.3) is 0 Å². The largest absolute Gasteiger partial charge is 0.325 e. The van der Waals surface area contributed by atoms with E-state index in [9.17, 15) is 13.2 Å². The van der Waals surface area contributed by atoms with Crippen LogP contribution in [-0.4, -0.2) is 25.4 Å². The SMILES string of the molecule is CCC(Br)C(=O)Nc1ccc(NS(C)(=O)=O)c(C)c1. The summed E-state index contributed by atoms with van der Waals surface area (Å²) in [5, 5.41) is 2.76. The molecule has 0 aliphatic carbocycles. The number of carbonyl (C=O) groups excluding carboxylic acids is 1. The fourth-order valence-corrected chi connectivity index (χ4v) is 2.20. The maximum Gasteiger partial charge on any atom is 0.238 e. The smallest absolute Gasteiger partial charge is 0.238 e. The van der Waals surface area contributed by atoms with Crippen LogP contribution in [0.15, 0.2) is 18.2 Å².